The van der Waals surface area contributed by atoms with Crippen molar-refractivity contribution in [1.82, 2.24) is 0 Å². The first-order valence-corrected chi connectivity index (χ1v) is 27.5. The molecular formula is C55H122O20. The van der Waals surface area contributed by atoms with Crippen molar-refractivity contribution in [3.05, 3.63) is 0 Å². The van der Waals surface area contributed by atoms with E-state index in [-0.39, 0.29) is 0 Å². The van der Waals surface area contributed by atoms with Crippen molar-refractivity contribution in [2.24, 2.45) is 0 Å². The van der Waals surface area contributed by atoms with Gasteiger partial charge in [-0.05, 0) is 32.1 Å². The van der Waals surface area contributed by atoms with Gasteiger partial charge in [0.25, 0.3) is 0 Å². The smallest absolute Gasteiger partial charge is 0.0701 e. The molecule has 0 atom stereocenters. The number of ether oxygens (including phenoxy) is 20. The van der Waals surface area contributed by atoms with Crippen LogP contribution in [0.3, 0.4) is 0 Å². The Morgan fingerprint density at radius 3 is 0.347 bits per heavy atom. The highest BCUT2D eigenvalue weighted by atomic mass is 16.6. The lowest BCUT2D eigenvalue weighted by Crippen LogP contribution is -2.14. The minimum Gasteiger partial charge on any atom is -0.385 e. The zero-order valence-electron chi connectivity index (χ0n) is 50.6. The molecule has 20 nitrogen and oxygen atoms in total. The highest BCUT2D eigenvalue weighted by Crippen LogP contribution is 2.10. The zero-order chi connectivity index (χ0) is 56.5. The van der Waals surface area contributed by atoms with Gasteiger partial charge >= 0.3 is 0 Å². The van der Waals surface area contributed by atoms with E-state index in [4.69, 9.17) is 94.7 Å². The van der Waals surface area contributed by atoms with Gasteiger partial charge in [0.15, 0.2) is 0 Å². The number of methoxy groups -OCH3 is 12. The van der Waals surface area contributed by atoms with E-state index >= 15 is 0 Å². The molecule has 0 spiro atoms. The summed E-state index contributed by atoms with van der Waals surface area (Å²) < 4.78 is 100. The Kier molecular flexibility index (Phi) is 112. The highest BCUT2D eigenvalue weighted by Gasteiger charge is 1.96. The number of hydrogen-bond acceptors (Lipinski definition) is 20. The molecule has 0 aliphatic heterocycles. The molecule has 20 heteroatoms. The average Bonchev–Trinajstić information content (AvgIpc) is 3.42. The minimum absolute atomic E-state index is 0.561. The molecule has 462 valence electrons. The molecule has 0 N–H and O–H groups in total. The van der Waals surface area contributed by atoms with E-state index < -0.39 is 0 Å². The van der Waals surface area contributed by atoms with Crippen LogP contribution in [0.1, 0.15) is 96.3 Å². The van der Waals surface area contributed by atoms with Gasteiger partial charge in [-0.25, -0.2) is 0 Å². The molecule has 0 fully saturated rings. The lowest BCUT2D eigenvalue weighted by molar-refractivity contribution is -0.0174. The molecule has 0 aromatic rings. The summed E-state index contributed by atoms with van der Waals surface area (Å²) in [4.78, 5) is 0. The van der Waals surface area contributed by atoms with Gasteiger partial charge in [-0.3, -0.25) is 0 Å². The van der Waals surface area contributed by atoms with Crippen LogP contribution >= 0.6 is 0 Å². The lowest BCUT2D eigenvalue weighted by Gasteiger charge is -2.07. The second-order valence-corrected chi connectivity index (χ2v) is 16.1. The fourth-order valence-corrected chi connectivity index (χ4v) is 5.36. The van der Waals surface area contributed by atoms with E-state index in [1.807, 2.05) is 0 Å². The number of hydrogen-bond donors (Lipinski definition) is 0. The molecule has 0 unspecified atom stereocenters. The third kappa shape index (κ3) is 117. The van der Waals surface area contributed by atoms with Crippen LogP contribution in [0.25, 0.3) is 0 Å². The van der Waals surface area contributed by atoms with E-state index in [1.54, 1.807) is 85.3 Å². The Balaban J connectivity index is -0.000000198. The highest BCUT2D eigenvalue weighted by molar-refractivity contribution is 4.48. The monoisotopic (exact) mass is 1100 g/mol. The summed E-state index contributed by atoms with van der Waals surface area (Å²) in [5.41, 5.74) is 0. The Bertz CT molecular complexity index is 756. The minimum atomic E-state index is 0.561. The predicted molar refractivity (Wildman–Crippen MR) is 298 cm³/mol. The zero-order valence-corrected chi connectivity index (χ0v) is 50.6. The van der Waals surface area contributed by atoms with E-state index in [1.165, 1.54) is 89.9 Å². The molecule has 0 bridgehead atoms. The molecule has 0 aromatic heterocycles. The quantitative estimate of drug-likeness (QED) is 0.0540. The van der Waals surface area contributed by atoms with Gasteiger partial charge in [-0.15, -0.1) is 0 Å². The van der Waals surface area contributed by atoms with Crippen LogP contribution in [0.2, 0.25) is 0 Å². The molecule has 0 saturated carbocycles. The fourth-order valence-electron chi connectivity index (χ4n) is 5.36. The average molecular weight is 1100 g/mol. The normalized spacial score (nSPS) is 10.6. The third-order valence-electron chi connectivity index (χ3n) is 9.54. The van der Waals surface area contributed by atoms with E-state index in [0.29, 0.717) is 145 Å². The van der Waals surface area contributed by atoms with Crippen LogP contribution in [-0.4, -0.2) is 270 Å². The summed E-state index contributed by atoms with van der Waals surface area (Å²) in [6.45, 7) is 18.6. The van der Waals surface area contributed by atoms with E-state index in [0.717, 1.165) is 46.1 Å². The number of rotatable bonds is 57. The van der Waals surface area contributed by atoms with Gasteiger partial charge in [0.05, 0.1) is 145 Å². The molecule has 0 heterocycles. The first-order valence-electron chi connectivity index (χ1n) is 27.5. The second-order valence-electron chi connectivity index (χ2n) is 16.1. The second kappa shape index (κ2) is 98.6. The molecule has 0 rings (SSSR count). The molecule has 0 radical (unpaired) electrons. The van der Waals surface area contributed by atoms with Gasteiger partial charge in [0, 0.05) is 125 Å². The van der Waals surface area contributed by atoms with Crippen LogP contribution in [-0.2, 0) is 94.7 Å². The van der Waals surface area contributed by atoms with Gasteiger partial charge in [0.1, 0.15) is 0 Å². The van der Waals surface area contributed by atoms with E-state index in [9.17, 15) is 0 Å². The summed E-state index contributed by atoms with van der Waals surface area (Å²) >= 11 is 0. The predicted octanol–water partition coefficient (Wildman–Crippen LogP) is 7.66. The fraction of sp³-hybridized carbons (Fsp3) is 1.00. The largest absolute Gasteiger partial charge is 0.385 e. The summed E-state index contributed by atoms with van der Waals surface area (Å²) in [5, 5.41) is 0. The topological polar surface area (TPSA) is 185 Å². The molecule has 0 amide bonds. The molecule has 0 aliphatic carbocycles. The Hall–Kier alpha value is -0.800. The van der Waals surface area contributed by atoms with Crippen molar-refractivity contribution in [3.8, 4) is 0 Å². The molecular weight excluding hydrogens is 981 g/mol. The summed E-state index contributed by atoms with van der Waals surface area (Å²) in [6.07, 6.45) is 19.4. The molecule has 0 saturated heterocycles. The van der Waals surface area contributed by atoms with Crippen LogP contribution in [0, 0.1) is 0 Å². The molecule has 75 heavy (non-hydrogen) atoms. The van der Waals surface area contributed by atoms with Crippen molar-refractivity contribution in [2.75, 3.05) is 270 Å². The Morgan fingerprint density at radius 1 is 0.107 bits per heavy atom. The molecule has 0 aromatic carbocycles. The summed E-state index contributed by atoms with van der Waals surface area (Å²) in [5.74, 6) is 0. The summed E-state index contributed by atoms with van der Waals surface area (Å²) in [6, 6.07) is 0. The summed E-state index contributed by atoms with van der Waals surface area (Å²) in [7, 11) is 20.3. The maximum atomic E-state index is 5.35. The van der Waals surface area contributed by atoms with Crippen molar-refractivity contribution >= 4 is 0 Å². The van der Waals surface area contributed by atoms with Crippen LogP contribution < -0.4 is 0 Å². The van der Waals surface area contributed by atoms with Crippen molar-refractivity contribution in [1.29, 1.82) is 0 Å². The number of unbranched alkanes of at least 4 members (excludes halogenated alkanes) is 12. The van der Waals surface area contributed by atoms with Crippen LogP contribution in [0.5, 0.6) is 0 Å². The molecule has 0 aliphatic rings. The van der Waals surface area contributed by atoms with Gasteiger partial charge in [-0.2, -0.15) is 0 Å². The van der Waals surface area contributed by atoms with Crippen molar-refractivity contribution in [3.63, 3.8) is 0 Å². The van der Waals surface area contributed by atoms with Gasteiger partial charge < -0.3 is 94.7 Å². The van der Waals surface area contributed by atoms with Gasteiger partial charge in [0.2, 0.25) is 0 Å². The Labute approximate surface area is 460 Å². The SMILES string of the molecule is COCCCCCCCCCCCCOC.COCCCCCCOC.COCCCOC.COCCOCCOC.COCCOCCOCCOC.COCCOCCOCCOCCOCCOCCOC. The van der Waals surface area contributed by atoms with Crippen LogP contribution in [0.4, 0.5) is 0 Å². The first kappa shape index (κ1) is 85.5. The van der Waals surface area contributed by atoms with Crippen molar-refractivity contribution < 1.29 is 94.7 Å². The maximum absolute atomic E-state index is 5.35. The third-order valence-corrected chi connectivity index (χ3v) is 9.54. The maximum Gasteiger partial charge on any atom is 0.0701 e. The Morgan fingerprint density at radius 2 is 0.213 bits per heavy atom. The van der Waals surface area contributed by atoms with E-state index in [2.05, 4.69) is 0 Å². The van der Waals surface area contributed by atoms with Crippen LogP contribution in [0.15, 0.2) is 0 Å². The standard InChI is InChI=1S/C14H30O7.C14H30O2.C8H18O4.C8H18O2.C6H14O3.C5H12O2/c1-15-3-5-17-7-9-19-11-13-21-14-12-20-10-8-18-6-4-16-2;1-15-13-11-9-7-5-3-4-6-8-10-12-14-16-2;1-9-3-5-11-7-8-12-6-4-10-2;1-9-7-5-3-4-6-8-10-2;1-7-3-5-9-6-4-8-2;1-6-4-3-5-7-2/h3-14H2,1-2H3;3-14H2,1-2H3;3-8H2,1-2H3;3-8H2,1-2H3;3-6H2,1-2H3;3-5H2,1-2H3. The van der Waals surface area contributed by atoms with Gasteiger partial charge in [-0.1, -0.05) is 64.2 Å². The van der Waals surface area contributed by atoms with Crippen molar-refractivity contribution in [2.45, 2.75) is 96.3 Å². The lowest BCUT2D eigenvalue weighted by atomic mass is 10.1. The first-order chi connectivity index (χ1) is 37.0.